The van der Waals surface area contributed by atoms with Gasteiger partial charge in [0.25, 0.3) is 0 Å². The van der Waals surface area contributed by atoms with Crippen LogP contribution in [-0.4, -0.2) is 35.7 Å². The number of aliphatic imine (C=N–C) groups is 1. The van der Waals surface area contributed by atoms with Crippen molar-refractivity contribution in [3.8, 4) is 0 Å². The topological polar surface area (TPSA) is 72.8 Å². The highest BCUT2D eigenvalue weighted by molar-refractivity contribution is 6.05. The van der Waals surface area contributed by atoms with Crippen LogP contribution in [0.15, 0.2) is 4.99 Å². The molecule has 1 rings (SSSR count). The first-order chi connectivity index (χ1) is 10.4. The summed E-state index contributed by atoms with van der Waals surface area (Å²) < 4.78 is 42.3. The summed E-state index contributed by atoms with van der Waals surface area (Å²) >= 11 is 0. The summed E-state index contributed by atoms with van der Waals surface area (Å²) in [4.78, 5) is 37.7. The van der Waals surface area contributed by atoms with Crippen molar-refractivity contribution in [2.24, 2.45) is 16.8 Å². The van der Waals surface area contributed by atoms with Crippen molar-refractivity contribution < 1.29 is 32.3 Å². The number of halogens is 3. The summed E-state index contributed by atoms with van der Waals surface area (Å²) in [7, 11) is 0. The zero-order valence-electron chi connectivity index (χ0n) is 13.3. The van der Waals surface area contributed by atoms with Crippen molar-refractivity contribution in [1.29, 1.82) is 0 Å². The van der Waals surface area contributed by atoms with E-state index in [9.17, 15) is 27.6 Å². The highest BCUT2D eigenvalue weighted by atomic mass is 19.4. The zero-order chi connectivity index (χ0) is 17.8. The third-order valence-corrected chi connectivity index (χ3v) is 3.38. The number of hydrogen-bond acceptors (Lipinski definition) is 4. The first kappa shape index (κ1) is 19.3. The predicted octanol–water partition coefficient (Wildman–Crippen LogP) is 3.50. The Morgan fingerprint density at radius 3 is 2.43 bits per heavy atom. The number of ketones is 2. The van der Waals surface area contributed by atoms with Crippen molar-refractivity contribution in [1.82, 2.24) is 0 Å². The van der Waals surface area contributed by atoms with Crippen molar-refractivity contribution in [3.05, 3.63) is 0 Å². The number of nitrogens with zero attached hydrogens (tertiary/aromatic N) is 1. The van der Waals surface area contributed by atoms with Gasteiger partial charge in [0.1, 0.15) is 11.4 Å². The van der Waals surface area contributed by atoms with Gasteiger partial charge in [-0.2, -0.15) is 18.2 Å². The van der Waals surface area contributed by atoms with Crippen LogP contribution in [0.25, 0.3) is 0 Å². The molecule has 5 nitrogen and oxygen atoms in total. The van der Waals surface area contributed by atoms with Crippen LogP contribution >= 0.6 is 0 Å². The van der Waals surface area contributed by atoms with Gasteiger partial charge >= 0.3 is 12.3 Å². The molecule has 0 bridgehead atoms. The van der Waals surface area contributed by atoms with Gasteiger partial charge in [0.2, 0.25) is 5.78 Å². The molecule has 1 aliphatic rings. The molecule has 1 saturated carbocycles. The first-order valence-corrected chi connectivity index (χ1v) is 7.29. The van der Waals surface area contributed by atoms with E-state index < -0.39 is 35.4 Å². The maximum Gasteiger partial charge on any atom is 0.450 e. The summed E-state index contributed by atoms with van der Waals surface area (Å²) in [6.45, 7) is 5.04. The van der Waals surface area contributed by atoms with E-state index in [2.05, 4.69) is 4.99 Å². The molecule has 1 amide bonds. The second-order valence-corrected chi connectivity index (χ2v) is 6.55. The Labute approximate surface area is 132 Å². The second kappa shape index (κ2) is 7.23. The summed E-state index contributed by atoms with van der Waals surface area (Å²) in [5.74, 6) is -4.59. The Hall–Kier alpha value is -1.73. The first-order valence-electron chi connectivity index (χ1n) is 7.29. The molecule has 23 heavy (non-hydrogen) atoms. The Morgan fingerprint density at radius 2 is 1.91 bits per heavy atom. The van der Waals surface area contributed by atoms with Crippen LogP contribution in [0.4, 0.5) is 18.0 Å². The van der Waals surface area contributed by atoms with Gasteiger partial charge in [0, 0.05) is 12.6 Å². The Bertz CT molecular complexity index is 506. The molecule has 2 unspecified atom stereocenters. The number of alkyl halides is 3. The van der Waals surface area contributed by atoms with E-state index in [4.69, 9.17) is 4.74 Å². The van der Waals surface area contributed by atoms with E-state index >= 15 is 0 Å². The number of ether oxygens (including phenoxy) is 1. The number of amides is 1. The van der Waals surface area contributed by atoms with Crippen LogP contribution in [0.2, 0.25) is 0 Å². The maximum absolute atomic E-state index is 12.5. The van der Waals surface area contributed by atoms with Crippen LogP contribution in [-0.2, 0) is 14.3 Å². The minimum absolute atomic E-state index is 0.0720. The second-order valence-electron chi connectivity index (χ2n) is 6.55. The Morgan fingerprint density at radius 1 is 1.30 bits per heavy atom. The van der Waals surface area contributed by atoms with Crippen LogP contribution in [0.3, 0.4) is 0 Å². The minimum Gasteiger partial charge on any atom is -0.442 e. The number of hydrogen-bond donors (Lipinski definition) is 0. The SMILES string of the molecule is CC(C)(C)OC(=O)N=CCC1CCC(=O)C(C(=O)C(F)(F)F)C1. The fraction of sp³-hybridized carbons (Fsp3) is 0.733. The third-order valence-electron chi connectivity index (χ3n) is 3.38. The maximum atomic E-state index is 12.5. The van der Waals surface area contributed by atoms with Crippen LogP contribution in [0.1, 0.15) is 46.5 Å². The predicted molar refractivity (Wildman–Crippen MR) is 76.2 cm³/mol. The number of carbonyl (C=O) groups is 3. The summed E-state index contributed by atoms with van der Waals surface area (Å²) in [5, 5.41) is 0. The molecule has 0 aliphatic heterocycles. The quantitative estimate of drug-likeness (QED) is 0.584. The molecule has 0 aromatic carbocycles. The van der Waals surface area contributed by atoms with E-state index in [-0.39, 0.29) is 25.2 Å². The van der Waals surface area contributed by atoms with Gasteiger partial charge in [0.05, 0.1) is 5.92 Å². The van der Waals surface area contributed by atoms with Gasteiger partial charge in [-0.1, -0.05) is 0 Å². The average Bonchev–Trinajstić information content (AvgIpc) is 2.36. The summed E-state index contributed by atoms with van der Waals surface area (Å²) in [6, 6.07) is 0. The summed E-state index contributed by atoms with van der Waals surface area (Å²) in [5.41, 5.74) is -0.685. The molecule has 1 aliphatic carbocycles. The van der Waals surface area contributed by atoms with E-state index in [1.165, 1.54) is 6.21 Å². The lowest BCUT2D eigenvalue weighted by molar-refractivity contribution is -0.178. The lowest BCUT2D eigenvalue weighted by atomic mass is 9.77. The van der Waals surface area contributed by atoms with Crippen molar-refractivity contribution in [2.45, 2.75) is 58.2 Å². The molecule has 2 atom stereocenters. The number of rotatable bonds is 3. The smallest absolute Gasteiger partial charge is 0.442 e. The van der Waals surface area contributed by atoms with Crippen molar-refractivity contribution >= 4 is 23.9 Å². The zero-order valence-corrected chi connectivity index (χ0v) is 13.3. The largest absolute Gasteiger partial charge is 0.450 e. The van der Waals surface area contributed by atoms with Gasteiger partial charge < -0.3 is 4.74 Å². The molecular formula is C15H20F3NO4. The number of Topliss-reactive ketones (excluding diaryl/α,β-unsaturated/α-hetero) is 2. The van der Waals surface area contributed by atoms with Gasteiger partial charge in [-0.3, -0.25) is 9.59 Å². The van der Waals surface area contributed by atoms with E-state index in [0.717, 1.165) is 0 Å². The van der Waals surface area contributed by atoms with Gasteiger partial charge in [-0.15, -0.1) is 0 Å². The van der Waals surface area contributed by atoms with Gasteiger partial charge in [-0.05, 0) is 46.0 Å². The third kappa shape index (κ3) is 6.50. The molecule has 0 spiro atoms. The Balaban J connectivity index is 2.58. The summed E-state index contributed by atoms with van der Waals surface area (Å²) in [6.07, 6.45) is -4.17. The van der Waals surface area contributed by atoms with Crippen LogP contribution in [0.5, 0.6) is 0 Å². The normalized spacial score (nSPS) is 23.1. The molecule has 0 heterocycles. The van der Waals surface area contributed by atoms with E-state index in [1.54, 1.807) is 20.8 Å². The molecule has 1 fully saturated rings. The van der Waals surface area contributed by atoms with E-state index in [0.29, 0.717) is 6.42 Å². The van der Waals surface area contributed by atoms with E-state index in [1.807, 2.05) is 0 Å². The van der Waals surface area contributed by atoms with Crippen LogP contribution < -0.4 is 0 Å². The molecule has 130 valence electrons. The highest BCUT2D eigenvalue weighted by Gasteiger charge is 2.47. The molecule has 0 aromatic rings. The molecule has 0 radical (unpaired) electrons. The standard InChI is InChI=1S/C15H20F3NO4/c1-14(2,3)23-13(22)19-7-6-9-4-5-11(20)10(8-9)12(21)15(16,17)18/h7,9-10H,4-6,8H2,1-3H3. The Kier molecular flexibility index (Phi) is 6.07. The average molecular weight is 335 g/mol. The fourth-order valence-corrected chi connectivity index (χ4v) is 2.33. The fourth-order valence-electron chi connectivity index (χ4n) is 2.33. The molecule has 0 N–H and O–H groups in total. The lowest BCUT2D eigenvalue weighted by Crippen LogP contribution is -2.39. The van der Waals surface area contributed by atoms with Gasteiger partial charge in [-0.25, -0.2) is 4.79 Å². The van der Waals surface area contributed by atoms with Crippen molar-refractivity contribution in [3.63, 3.8) is 0 Å². The van der Waals surface area contributed by atoms with Crippen molar-refractivity contribution in [2.75, 3.05) is 0 Å². The minimum atomic E-state index is -5.01. The monoisotopic (exact) mass is 335 g/mol. The highest BCUT2D eigenvalue weighted by Crippen LogP contribution is 2.33. The van der Waals surface area contributed by atoms with Gasteiger partial charge in [0.15, 0.2) is 0 Å². The molecule has 8 heteroatoms. The number of carbonyl (C=O) groups excluding carboxylic acids is 3. The molecular weight excluding hydrogens is 315 g/mol. The molecule has 0 saturated heterocycles. The van der Waals surface area contributed by atoms with Crippen LogP contribution in [0, 0.1) is 11.8 Å². The molecule has 0 aromatic heterocycles. The lowest BCUT2D eigenvalue weighted by Gasteiger charge is -2.26.